The van der Waals surface area contributed by atoms with Gasteiger partial charge in [0.25, 0.3) is 0 Å². The van der Waals surface area contributed by atoms with Gasteiger partial charge in [0.1, 0.15) is 5.82 Å². The van der Waals surface area contributed by atoms with Crippen LogP contribution in [0.3, 0.4) is 0 Å². The highest BCUT2D eigenvalue weighted by Crippen LogP contribution is 2.29. The molecule has 5 rings (SSSR count). The van der Waals surface area contributed by atoms with E-state index in [4.69, 9.17) is 23.2 Å². The predicted molar refractivity (Wildman–Crippen MR) is 137 cm³/mol. The van der Waals surface area contributed by atoms with E-state index in [1.165, 1.54) is 29.2 Å². The Bertz CT molecular complexity index is 1860. The Morgan fingerprint density at radius 3 is 2.49 bits per heavy atom. The number of aromatic nitrogens is 6. The molecule has 0 bridgehead atoms. The minimum absolute atomic E-state index is 0.0215. The zero-order valence-corrected chi connectivity index (χ0v) is 21.1. The van der Waals surface area contributed by atoms with E-state index < -0.39 is 35.4 Å². The van der Waals surface area contributed by atoms with Crippen molar-refractivity contribution in [1.82, 2.24) is 28.9 Å². The summed E-state index contributed by atoms with van der Waals surface area (Å²) in [5, 5.41) is 17.1. The average Bonchev–Trinajstić information content (AvgIpc) is 3.26. The maximum atomic E-state index is 14.6. The van der Waals surface area contributed by atoms with E-state index >= 15 is 0 Å². The van der Waals surface area contributed by atoms with Crippen LogP contribution < -0.4 is 16.7 Å². The average molecular weight is 578 g/mol. The Morgan fingerprint density at radius 2 is 1.74 bits per heavy atom. The lowest BCUT2D eigenvalue weighted by Crippen LogP contribution is -2.42. The monoisotopic (exact) mass is 577 g/mol. The Balaban J connectivity index is 1.67. The van der Waals surface area contributed by atoms with Gasteiger partial charge in [-0.3, -0.25) is 14.2 Å². The zero-order valence-electron chi connectivity index (χ0n) is 19.6. The summed E-state index contributed by atoms with van der Waals surface area (Å²) in [7, 11) is 0. The highest BCUT2D eigenvalue weighted by atomic mass is 35.5. The van der Waals surface area contributed by atoms with Gasteiger partial charge in [-0.05, 0) is 24.3 Å². The van der Waals surface area contributed by atoms with E-state index in [0.29, 0.717) is 27.6 Å². The molecule has 0 aliphatic rings. The standard InChI is InChI=1S/C24H16Cl2F3N7O3/c25-14-5-15(9-30-8-14)36-23(38)32-22(35(24(36)39)11-12-3-18(28)19(29)7-17(12)27)31-21-4-13-10-34(1-2-37)33-20(13)6-16(21)26/h3-10,37H,1-2,11H2,(H,31,32,38). The highest BCUT2D eigenvalue weighted by Gasteiger charge is 2.20. The van der Waals surface area contributed by atoms with Gasteiger partial charge in [0.15, 0.2) is 11.6 Å². The maximum Gasteiger partial charge on any atom is 0.359 e. The molecule has 0 spiro atoms. The van der Waals surface area contributed by atoms with Crippen LogP contribution in [0.2, 0.25) is 10.0 Å². The molecule has 2 N–H and O–H groups in total. The lowest BCUT2D eigenvalue weighted by Gasteiger charge is -2.16. The van der Waals surface area contributed by atoms with E-state index in [-0.39, 0.29) is 46.1 Å². The molecule has 15 heteroatoms. The molecule has 0 radical (unpaired) electrons. The van der Waals surface area contributed by atoms with Gasteiger partial charge in [-0.2, -0.15) is 10.1 Å². The Hall–Kier alpha value is -4.20. The third-order valence-corrected chi connectivity index (χ3v) is 6.17. The summed E-state index contributed by atoms with van der Waals surface area (Å²) in [5.74, 6) is -4.21. The molecule has 3 aromatic heterocycles. The Labute approximate surface area is 226 Å². The minimum Gasteiger partial charge on any atom is -0.394 e. The molecule has 3 heterocycles. The molecule has 39 heavy (non-hydrogen) atoms. The topological polar surface area (TPSA) is 120 Å². The number of fused-ring (bicyclic) bond motifs is 1. The fraction of sp³-hybridized carbons (Fsp3) is 0.125. The van der Waals surface area contributed by atoms with Crippen molar-refractivity contribution in [2.24, 2.45) is 0 Å². The molecule has 0 saturated heterocycles. The molecule has 0 aliphatic heterocycles. The molecule has 0 fully saturated rings. The first kappa shape index (κ1) is 26.4. The molecule has 5 aromatic rings. The fourth-order valence-corrected chi connectivity index (χ4v) is 4.23. The van der Waals surface area contributed by atoms with Gasteiger partial charge >= 0.3 is 11.4 Å². The summed E-state index contributed by atoms with van der Waals surface area (Å²) < 4.78 is 45.0. The van der Waals surface area contributed by atoms with Gasteiger partial charge in [0.05, 0.1) is 52.8 Å². The van der Waals surface area contributed by atoms with Crippen LogP contribution in [0.1, 0.15) is 5.56 Å². The van der Waals surface area contributed by atoms with Gasteiger partial charge in [-0.1, -0.05) is 23.2 Å². The van der Waals surface area contributed by atoms with Gasteiger partial charge in [-0.15, -0.1) is 0 Å². The highest BCUT2D eigenvalue weighted by molar-refractivity contribution is 6.34. The predicted octanol–water partition coefficient (Wildman–Crippen LogP) is 3.65. The zero-order chi connectivity index (χ0) is 27.8. The molecule has 0 unspecified atom stereocenters. The molecule has 0 aliphatic carbocycles. The number of pyridine rings is 1. The third-order valence-electron chi connectivity index (χ3n) is 5.65. The van der Waals surface area contributed by atoms with Crippen LogP contribution >= 0.6 is 23.2 Å². The Morgan fingerprint density at radius 1 is 0.974 bits per heavy atom. The van der Waals surface area contributed by atoms with Crippen LogP contribution in [0.15, 0.2) is 58.5 Å². The van der Waals surface area contributed by atoms with Crippen molar-refractivity contribution in [3.05, 3.63) is 103 Å². The van der Waals surface area contributed by atoms with Gasteiger partial charge in [0.2, 0.25) is 5.95 Å². The lowest BCUT2D eigenvalue weighted by atomic mass is 10.2. The summed E-state index contributed by atoms with van der Waals surface area (Å²) in [6, 6.07) is 5.33. The van der Waals surface area contributed by atoms with Crippen molar-refractivity contribution < 1.29 is 18.3 Å². The van der Waals surface area contributed by atoms with Gasteiger partial charge in [0, 0.05) is 29.4 Å². The summed E-state index contributed by atoms with van der Waals surface area (Å²) in [6.45, 7) is -0.533. The Kier molecular flexibility index (Phi) is 7.12. The third kappa shape index (κ3) is 5.24. The van der Waals surface area contributed by atoms with E-state index in [9.17, 15) is 27.9 Å². The first-order valence-electron chi connectivity index (χ1n) is 11.2. The number of rotatable bonds is 7. The molecular weight excluding hydrogens is 562 g/mol. The molecule has 10 nitrogen and oxygen atoms in total. The van der Waals surface area contributed by atoms with Crippen molar-refractivity contribution in [1.29, 1.82) is 0 Å². The quantitative estimate of drug-likeness (QED) is 0.283. The molecular formula is C24H16Cl2F3N7O3. The number of aliphatic hydroxyl groups excluding tert-OH is 1. The van der Waals surface area contributed by atoms with Gasteiger partial charge in [-0.25, -0.2) is 27.3 Å². The lowest BCUT2D eigenvalue weighted by molar-refractivity contribution is 0.270. The normalized spacial score (nSPS) is 11.3. The summed E-state index contributed by atoms with van der Waals surface area (Å²) >= 11 is 12.4. The molecule has 200 valence electrons. The first-order valence-corrected chi connectivity index (χ1v) is 11.9. The van der Waals surface area contributed by atoms with Crippen molar-refractivity contribution in [2.75, 3.05) is 11.9 Å². The van der Waals surface area contributed by atoms with Gasteiger partial charge < -0.3 is 10.4 Å². The van der Waals surface area contributed by atoms with Crippen molar-refractivity contribution in [3.8, 4) is 5.69 Å². The number of nitrogens with one attached hydrogen (secondary N) is 1. The number of benzene rings is 2. The fourth-order valence-electron chi connectivity index (χ4n) is 3.86. The second-order valence-electron chi connectivity index (χ2n) is 8.27. The van der Waals surface area contributed by atoms with E-state index in [2.05, 4.69) is 20.4 Å². The van der Waals surface area contributed by atoms with Crippen LogP contribution in [0.25, 0.3) is 16.6 Å². The van der Waals surface area contributed by atoms with Crippen molar-refractivity contribution in [3.63, 3.8) is 0 Å². The largest absolute Gasteiger partial charge is 0.394 e. The number of aliphatic hydroxyl groups is 1. The number of halogens is 5. The number of nitrogens with zero attached hydrogens (tertiary/aromatic N) is 6. The van der Waals surface area contributed by atoms with E-state index in [1.807, 2.05) is 0 Å². The van der Waals surface area contributed by atoms with Crippen LogP contribution in [0.4, 0.5) is 24.8 Å². The van der Waals surface area contributed by atoms with Crippen LogP contribution in [-0.2, 0) is 13.1 Å². The smallest absolute Gasteiger partial charge is 0.359 e. The SMILES string of the molecule is O=c1nc(Nc2cc3cn(CCO)nc3cc2Cl)n(Cc2cc(F)c(F)cc2F)c(=O)n1-c1cncc(Cl)c1. The van der Waals surface area contributed by atoms with Crippen molar-refractivity contribution in [2.45, 2.75) is 13.1 Å². The second kappa shape index (κ2) is 10.5. The minimum atomic E-state index is -1.41. The molecule has 0 amide bonds. The number of hydrogen-bond acceptors (Lipinski definition) is 7. The van der Waals surface area contributed by atoms with Crippen LogP contribution in [-0.4, -0.2) is 40.6 Å². The van der Waals surface area contributed by atoms with E-state index in [1.54, 1.807) is 12.3 Å². The van der Waals surface area contributed by atoms with E-state index in [0.717, 1.165) is 4.57 Å². The van der Waals surface area contributed by atoms with Crippen molar-refractivity contribution >= 4 is 45.7 Å². The molecule has 0 atom stereocenters. The first-order chi connectivity index (χ1) is 18.6. The summed E-state index contributed by atoms with van der Waals surface area (Å²) in [5.41, 5.74) is -1.72. The maximum absolute atomic E-state index is 14.6. The summed E-state index contributed by atoms with van der Waals surface area (Å²) in [6.07, 6.45) is 4.13. The number of anilines is 2. The molecule has 2 aromatic carbocycles. The van der Waals surface area contributed by atoms with Crippen LogP contribution in [0, 0.1) is 17.5 Å². The summed E-state index contributed by atoms with van der Waals surface area (Å²) in [4.78, 5) is 34.4. The second-order valence-corrected chi connectivity index (χ2v) is 9.12. The number of hydrogen-bond donors (Lipinski definition) is 2. The molecule has 0 saturated carbocycles. The van der Waals surface area contributed by atoms with Crippen LogP contribution in [0.5, 0.6) is 0 Å².